The summed E-state index contributed by atoms with van der Waals surface area (Å²) in [5.41, 5.74) is 7.62. The summed E-state index contributed by atoms with van der Waals surface area (Å²) in [6, 6.07) is 0.588. The average molecular weight is 197 g/mol. The highest BCUT2D eigenvalue weighted by molar-refractivity contribution is 4.94. The summed E-state index contributed by atoms with van der Waals surface area (Å²) in [5.74, 6) is 0. The van der Waals surface area contributed by atoms with Crippen LogP contribution in [0.4, 0.5) is 0 Å². The lowest BCUT2D eigenvalue weighted by Gasteiger charge is -2.45. The summed E-state index contributed by atoms with van der Waals surface area (Å²) in [7, 11) is 2.03. The van der Waals surface area contributed by atoms with Crippen LogP contribution in [0.1, 0.15) is 40.0 Å². The number of nitrogens with one attached hydrogen (secondary N) is 2. The van der Waals surface area contributed by atoms with Gasteiger partial charge in [-0.1, -0.05) is 20.8 Å². The molecule has 0 aromatic heterocycles. The molecule has 1 aliphatic rings. The third kappa shape index (κ3) is 2.77. The number of hydrogen-bond donors (Lipinski definition) is 2. The standard InChI is InChI=1S/C11H23N3/c1-10(2)5-9(13-4)6-11(3,7-10)8-14-12/h9,12-13H,5-8H2,1-4H3. The average Bonchev–Trinajstić information content (AvgIpc) is 2.00. The molecule has 0 saturated heterocycles. The predicted molar refractivity (Wildman–Crippen MR) is 58.6 cm³/mol. The van der Waals surface area contributed by atoms with Crippen molar-refractivity contribution in [2.45, 2.75) is 46.1 Å². The predicted octanol–water partition coefficient (Wildman–Crippen LogP) is 2.82. The summed E-state index contributed by atoms with van der Waals surface area (Å²) < 4.78 is 0. The molecule has 2 unspecified atom stereocenters. The van der Waals surface area contributed by atoms with E-state index < -0.39 is 0 Å². The quantitative estimate of drug-likeness (QED) is 0.671. The molecule has 0 radical (unpaired) electrons. The molecule has 0 heterocycles. The molecule has 1 fully saturated rings. The van der Waals surface area contributed by atoms with Crippen molar-refractivity contribution in [2.24, 2.45) is 15.9 Å². The second-order valence-electron chi connectivity index (χ2n) is 5.86. The van der Waals surface area contributed by atoms with Gasteiger partial charge in [0.05, 0.1) is 6.54 Å². The van der Waals surface area contributed by atoms with E-state index in [4.69, 9.17) is 5.53 Å². The fourth-order valence-corrected chi connectivity index (χ4v) is 3.15. The smallest absolute Gasteiger partial charge is 0.0650 e. The zero-order valence-corrected chi connectivity index (χ0v) is 9.85. The van der Waals surface area contributed by atoms with Crippen molar-refractivity contribution in [1.82, 2.24) is 5.32 Å². The maximum absolute atomic E-state index is 7.02. The molecule has 3 heteroatoms. The third-order valence-electron chi connectivity index (χ3n) is 3.31. The Balaban J connectivity index is 2.73. The lowest BCUT2D eigenvalue weighted by Crippen LogP contribution is -2.44. The Morgan fingerprint density at radius 3 is 2.50 bits per heavy atom. The molecular weight excluding hydrogens is 174 g/mol. The van der Waals surface area contributed by atoms with Gasteiger partial charge in [0.15, 0.2) is 0 Å². The van der Waals surface area contributed by atoms with Crippen LogP contribution in [0.3, 0.4) is 0 Å². The first-order valence-corrected chi connectivity index (χ1v) is 5.41. The molecule has 0 aliphatic heterocycles. The molecule has 3 nitrogen and oxygen atoms in total. The Morgan fingerprint density at radius 1 is 1.36 bits per heavy atom. The van der Waals surface area contributed by atoms with Crippen molar-refractivity contribution in [2.75, 3.05) is 13.6 Å². The summed E-state index contributed by atoms with van der Waals surface area (Å²) >= 11 is 0. The van der Waals surface area contributed by atoms with E-state index >= 15 is 0 Å². The molecule has 82 valence electrons. The number of nitrogens with zero attached hydrogens (tertiary/aromatic N) is 1. The lowest BCUT2D eigenvalue weighted by atomic mass is 9.63. The Kier molecular flexibility index (Phi) is 3.30. The lowest BCUT2D eigenvalue weighted by molar-refractivity contribution is 0.0788. The molecule has 1 saturated carbocycles. The van der Waals surface area contributed by atoms with E-state index in [1.54, 1.807) is 0 Å². The first kappa shape index (κ1) is 11.6. The molecular formula is C11H23N3. The van der Waals surface area contributed by atoms with Crippen molar-refractivity contribution in [3.63, 3.8) is 0 Å². The topological polar surface area (TPSA) is 48.2 Å². The monoisotopic (exact) mass is 197 g/mol. The van der Waals surface area contributed by atoms with Crippen molar-refractivity contribution < 1.29 is 0 Å². The van der Waals surface area contributed by atoms with Gasteiger partial charge in [0.1, 0.15) is 0 Å². The summed E-state index contributed by atoms with van der Waals surface area (Å²) in [6.45, 7) is 7.57. The minimum atomic E-state index is 0.219. The molecule has 2 atom stereocenters. The van der Waals surface area contributed by atoms with Crippen LogP contribution < -0.4 is 5.32 Å². The Morgan fingerprint density at radius 2 is 2.00 bits per heavy atom. The molecule has 1 rings (SSSR count). The van der Waals surface area contributed by atoms with Gasteiger partial charge >= 0.3 is 0 Å². The van der Waals surface area contributed by atoms with Crippen LogP contribution >= 0.6 is 0 Å². The first-order chi connectivity index (χ1) is 6.41. The molecule has 2 N–H and O–H groups in total. The van der Waals surface area contributed by atoms with E-state index in [0.717, 1.165) is 6.42 Å². The molecule has 1 aliphatic carbocycles. The van der Waals surface area contributed by atoms with Crippen LogP contribution in [0, 0.1) is 16.4 Å². The summed E-state index contributed by atoms with van der Waals surface area (Å²) in [5, 5.41) is 6.96. The highest BCUT2D eigenvalue weighted by atomic mass is 15.0. The highest BCUT2D eigenvalue weighted by Crippen LogP contribution is 2.46. The van der Waals surface area contributed by atoms with E-state index in [1.807, 2.05) is 7.05 Å². The first-order valence-electron chi connectivity index (χ1n) is 5.41. The van der Waals surface area contributed by atoms with Crippen molar-refractivity contribution >= 4 is 0 Å². The minimum absolute atomic E-state index is 0.219. The second-order valence-corrected chi connectivity index (χ2v) is 5.86. The van der Waals surface area contributed by atoms with E-state index in [2.05, 4.69) is 31.2 Å². The minimum Gasteiger partial charge on any atom is -0.317 e. The van der Waals surface area contributed by atoms with Crippen LogP contribution in [-0.2, 0) is 0 Å². The van der Waals surface area contributed by atoms with E-state index in [1.165, 1.54) is 12.8 Å². The van der Waals surface area contributed by atoms with Gasteiger partial charge in [0, 0.05) is 6.04 Å². The second kappa shape index (κ2) is 3.97. The fraction of sp³-hybridized carbons (Fsp3) is 1.00. The van der Waals surface area contributed by atoms with Crippen LogP contribution in [0.15, 0.2) is 5.11 Å². The van der Waals surface area contributed by atoms with Gasteiger partial charge in [-0.2, -0.15) is 5.11 Å². The zero-order chi connectivity index (χ0) is 10.8. The third-order valence-corrected chi connectivity index (χ3v) is 3.31. The summed E-state index contributed by atoms with van der Waals surface area (Å²) in [6.07, 6.45) is 3.56. The van der Waals surface area contributed by atoms with Crippen LogP contribution in [0.25, 0.3) is 0 Å². The van der Waals surface area contributed by atoms with Crippen LogP contribution in [0.5, 0.6) is 0 Å². The normalized spacial score (nSPS) is 36.7. The van der Waals surface area contributed by atoms with Gasteiger partial charge in [-0.05, 0) is 37.1 Å². The maximum atomic E-state index is 7.02. The molecule has 0 bridgehead atoms. The van der Waals surface area contributed by atoms with Gasteiger partial charge in [-0.15, -0.1) is 0 Å². The van der Waals surface area contributed by atoms with Crippen LogP contribution in [0.2, 0.25) is 0 Å². The van der Waals surface area contributed by atoms with Gasteiger partial charge in [-0.3, -0.25) is 0 Å². The van der Waals surface area contributed by atoms with E-state index in [0.29, 0.717) is 18.0 Å². The number of hydrogen-bond acceptors (Lipinski definition) is 3. The Labute approximate surface area is 87.2 Å². The van der Waals surface area contributed by atoms with E-state index in [9.17, 15) is 0 Å². The van der Waals surface area contributed by atoms with Crippen molar-refractivity contribution in [1.29, 1.82) is 5.53 Å². The molecule has 0 spiro atoms. The van der Waals surface area contributed by atoms with Crippen LogP contribution in [-0.4, -0.2) is 19.6 Å². The number of rotatable bonds is 3. The van der Waals surface area contributed by atoms with Crippen molar-refractivity contribution in [3.8, 4) is 0 Å². The Hall–Kier alpha value is -0.440. The zero-order valence-electron chi connectivity index (χ0n) is 9.85. The maximum Gasteiger partial charge on any atom is 0.0650 e. The van der Waals surface area contributed by atoms with Crippen molar-refractivity contribution in [3.05, 3.63) is 0 Å². The SMILES string of the molecule is CNC1CC(C)(C)CC(C)(CN=N)C1. The molecule has 0 amide bonds. The van der Waals surface area contributed by atoms with Gasteiger partial charge < -0.3 is 5.32 Å². The van der Waals surface area contributed by atoms with Gasteiger partial charge in [0.25, 0.3) is 0 Å². The highest BCUT2D eigenvalue weighted by Gasteiger charge is 2.40. The largest absolute Gasteiger partial charge is 0.317 e. The Bertz CT molecular complexity index is 213. The summed E-state index contributed by atoms with van der Waals surface area (Å²) in [4.78, 5) is 0. The molecule has 0 aromatic rings. The van der Waals surface area contributed by atoms with Gasteiger partial charge in [-0.25, -0.2) is 5.53 Å². The van der Waals surface area contributed by atoms with E-state index in [-0.39, 0.29) is 5.41 Å². The fourth-order valence-electron chi connectivity index (χ4n) is 3.15. The van der Waals surface area contributed by atoms with Gasteiger partial charge in [0.2, 0.25) is 0 Å². The molecule has 14 heavy (non-hydrogen) atoms. The molecule has 0 aromatic carbocycles.